The van der Waals surface area contributed by atoms with Crippen LogP contribution in [-0.2, 0) is 14.3 Å². The topological polar surface area (TPSA) is 113 Å². The lowest BCUT2D eigenvalue weighted by molar-refractivity contribution is -0.219. The summed E-state index contributed by atoms with van der Waals surface area (Å²) in [7, 11) is 0. The number of halogens is 1. The van der Waals surface area contributed by atoms with E-state index in [9.17, 15) is 24.6 Å². The van der Waals surface area contributed by atoms with E-state index in [0.717, 1.165) is 0 Å². The number of hydrogen-bond donors (Lipinski definition) is 3. The molecule has 34 heavy (non-hydrogen) atoms. The molecule has 8 heteroatoms. The lowest BCUT2D eigenvalue weighted by atomic mass is 9.44. The van der Waals surface area contributed by atoms with E-state index in [1.807, 2.05) is 6.92 Å². The minimum Gasteiger partial charge on any atom is -0.434 e. The van der Waals surface area contributed by atoms with Gasteiger partial charge in [-0.1, -0.05) is 32.4 Å². The largest absolute Gasteiger partial charge is 0.434 e. The van der Waals surface area contributed by atoms with Gasteiger partial charge in [0.15, 0.2) is 17.1 Å². The summed E-state index contributed by atoms with van der Waals surface area (Å²) in [4.78, 5) is 38.0. The number of amides is 1. The molecular formula is C26H36FNO6. The summed E-state index contributed by atoms with van der Waals surface area (Å²) in [6.07, 6.45) is 4.15. The summed E-state index contributed by atoms with van der Waals surface area (Å²) in [6.45, 7) is 6.77. The molecule has 0 aromatic rings. The summed E-state index contributed by atoms with van der Waals surface area (Å²) >= 11 is 0. The van der Waals surface area contributed by atoms with Gasteiger partial charge in [0.2, 0.25) is 5.78 Å². The van der Waals surface area contributed by atoms with Crippen molar-refractivity contribution in [3.63, 3.8) is 0 Å². The number of alkyl carbamates (subject to hydrolysis) is 1. The first kappa shape index (κ1) is 25.0. The molecule has 188 valence electrons. The minimum atomic E-state index is -2.04. The molecule has 0 aromatic carbocycles. The Hall–Kier alpha value is -2.06. The van der Waals surface area contributed by atoms with Crippen LogP contribution in [0.4, 0.5) is 9.18 Å². The Balaban J connectivity index is 1.80. The molecule has 0 radical (unpaired) electrons. The standard InChI is InChI=1S/C26H36FNO6/c1-5-10-28-22(33)34-26(21(32)14-29)15(2)11-19-18-7-6-16-12-17(30)8-9-23(16,3)25(18,27)20(31)13-24(19,26)4/h8-9,12,15,18-20,29,31H,5-7,10-11,13-14H2,1-4H3,(H,28,33)/t15-,18?,19?,20-,23-,24-,25?,26+/m0/s1. The first-order chi connectivity index (χ1) is 15.9. The maximum absolute atomic E-state index is 17.2. The second kappa shape index (κ2) is 8.26. The summed E-state index contributed by atoms with van der Waals surface area (Å²) in [5, 5.41) is 24.0. The molecular weight excluding hydrogens is 441 g/mol. The molecule has 3 N–H and O–H groups in total. The third-order valence-corrected chi connectivity index (χ3v) is 9.51. The predicted octanol–water partition coefficient (Wildman–Crippen LogP) is 3.04. The Morgan fingerprint density at radius 3 is 2.65 bits per heavy atom. The van der Waals surface area contributed by atoms with Crippen molar-refractivity contribution in [1.82, 2.24) is 5.32 Å². The van der Waals surface area contributed by atoms with Crippen LogP contribution in [0.2, 0.25) is 0 Å². The quantitative estimate of drug-likeness (QED) is 0.561. The Morgan fingerprint density at radius 2 is 2.00 bits per heavy atom. The van der Waals surface area contributed by atoms with Crippen molar-refractivity contribution in [2.45, 2.75) is 77.2 Å². The van der Waals surface area contributed by atoms with Gasteiger partial charge in [-0.15, -0.1) is 0 Å². The number of ketones is 2. The van der Waals surface area contributed by atoms with Crippen molar-refractivity contribution in [3.05, 3.63) is 23.8 Å². The van der Waals surface area contributed by atoms with Gasteiger partial charge in [-0.25, -0.2) is 9.18 Å². The number of carbonyl (C=O) groups is 3. The molecule has 0 saturated heterocycles. The number of aliphatic hydroxyl groups excluding tert-OH is 2. The van der Waals surface area contributed by atoms with Crippen molar-refractivity contribution < 1.29 is 33.7 Å². The maximum Gasteiger partial charge on any atom is 0.408 e. The second-order valence-corrected chi connectivity index (χ2v) is 11.0. The van der Waals surface area contributed by atoms with E-state index < -0.39 is 58.5 Å². The van der Waals surface area contributed by atoms with Crippen LogP contribution in [0.1, 0.15) is 59.8 Å². The number of alkyl halides is 1. The van der Waals surface area contributed by atoms with Gasteiger partial charge in [-0.3, -0.25) is 9.59 Å². The van der Waals surface area contributed by atoms with Gasteiger partial charge in [0.1, 0.15) is 6.61 Å². The fraction of sp³-hybridized carbons (Fsp3) is 0.731. The first-order valence-corrected chi connectivity index (χ1v) is 12.3. The van der Waals surface area contributed by atoms with Crippen molar-refractivity contribution in [2.75, 3.05) is 13.2 Å². The van der Waals surface area contributed by atoms with Crippen LogP contribution < -0.4 is 5.32 Å². The van der Waals surface area contributed by atoms with Gasteiger partial charge in [0, 0.05) is 29.2 Å². The van der Waals surface area contributed by atoms with Crippen LogP contribution in [0.5, 0.6) is 0 Å². The molecule has 7 nitrogen and oxygen atoms in total. The number of rotatable bonds is 5. The number of allylic oxidation sites excluding steroid dienone is 4. The maximum atomic E-state index is 17.2. The summed E-state index contributed by atoms with van der Waals surface area (Å²) in [6, 6.07) is 0. The average Bonchev–Trinajstić information content (AvgIpc) is 3.00. The van der Waals surface area contributed by atoms with Crippen molar-refractivity contribution >= 4 is 17.7 Å². The van der Waals surface area contributed by atoms with Gasteiger partial charge in [-0.2, -0.15) is 0 Å². The van der Waals surface area contributed by atoms with Crippen LogP contribution >= 0.6 is 0 Å². The molecule has 3 fully saturated rings. The highest BCUT2D eigenvalue weighted by atomic mass is 19.1. The van der Waals surface area contributed by atoms with Gasteiger partial charge < -0.3 is 20.3 Å². The van der Waals surface area contributed by atoms with Crippen molar-refractivity contribution in [1.29, 1.82) is 0 Å². The smallest absolute Gasteiger partial charge is 0.408 e. The number of hydrogen-bond acceptors (Lipinski definition) is 6. The SMILES string of the molecule is CCCNC(=O)O[C@@]1(C(=O)CO)[C@@H](C)CC2C3CCC4=CC(=O)C=C[C@]4(C)C3(F)[C@@H](O)C[C@@]21C. The molecule has 1 amide bonds. The van der Waals surface area contributed by atoms with Crippen molar-refractivity contribution in [2.24, 2.45) is 28.6 Å². The van der Waals surface area contributed by atoms with Crippen molar-refractivity contribution in [3.8, 4) is 0 Å². The highest BCUT2D eigenvalue weighted by molar-refractivity contribution is 6.01. The first-order valence-electron chi connectivity index (χ1n) is 12.3. The van der Waals surface area contributed by atoms with Crippen LogP contribution in [0.25, 0.3) is 0 Å². The molecule has 0 heterocycles. The van der Waals surface area contributed by atoms with E-state index in [1.165, 1.54) is 12.2 Å². The van der Waals surface area contributed by atoms with E-state index in [-0.39, 0.29) is 18.1 Å². The zero-order valence-electron chi connectivity index (χ0n) is 20.4. The van der Waals surface area contributed by atoms with Crippen LogP contribution in [-0.4, -0.2) is 58.4 Å². The van der Waals surface area contributed by atoms with Crippen LogP contribution in [0, 0.1) is 28.6 Å². The second-order valence-electron chi connectivity index (χ2n) is 11.0. The lowest BCUT2D eigenvalue weighted by Gasteiger charge is -2.62. The molecule has 4 rings (SSSR count). The normalized spacial score (nSPS) is 45.0. The predicted molar refractivity (Wildman–Crippen MR) is 123 cm³/mol. The van der Waals surface area contributed by atoms with E-state index in [2.05, 4.69) is 5.32 Å². The molecule has 3 unspecified atom stereocenters. The number of aliphatic hydroxyl groups is 2. The third kappa shape index (κ3) is 3.03. The third-order valence-electron chi connectivity index (χ3n) is 9.51. The highest BCUT2D eigenvalue weighted by Crippen LogP contribution is 2.71. The Kier molecular flexibility index (Phi) is 6.09. The summed E-state index contributed by atoms with van der Waals surface area (Å²) in [5.41, 5.74) is -5.25. The average molecular weight is 478 g/mol. The zero-order chi connectivity index (χ0) is 25.1. The number of carbonyl (C=O) groups excluding carboxylic acids is 3. The van der Waals surface area contributed by atoms with Gasteiger partial charge in [0.25, 0.3) is 0 Å². The Morgan fingerprint density at radius 1 is 1.29 bits per heavy atom. The monoisotopic (exact) mass is 477 g/mol. The number of nitrogens with one attached hydrogen (secondary N) is 1. The number of fused-ring (bicyclic) bond motifs is 5. The lowest BCUT2D eigenvalue weighted by Crippen LogP contribution is -2.70. The molecule has 0 bridgehead atoms. The highest BCUT2D eigenvalue weighted by Gasteiger charge is 2.77. The van der Waals surface area contributed by atoms with Crippen LogP contribution in [0.3, 0.4) is 0 Å². The van der Waals surface area contributed by atoms with E-state index in [0.29, 0.717) is 37.8 Å². The molecule has 4 aliphatic carbocycles. The molecule has 0 aliphatic heterocycles. The van der Waals surface area contributed by atoms with Crippen LogP contribution in [0.15, 0.2) is 23.8 Å². The van der Waals surface area contributed by atoms with E-state index >= 15 is 4.39 Å². The minimum absolute atomic E-state index is 0.105. The van der Waals surface area contributed by atoms with E-state index in [4.69, 9.17) is 4.74 Å². The summed E-state index contributed by atoms with van der Waals surface area (Å²) < 4.78 is 23.1. The number of ether oxygens (including phenoxy) is 1. The Labute approximate surface area is 199 Å². The van der Waals surface area contributed by atoms with E-state index in [1.54, 1.807) is 26.8 Å². The fourth-order valence-corrected chi connectivity index (χ4v) is 7.93. The zero-order valence-corrected chi connectivity index (χ0v) is 20.4. The van der Waals surface area contributed by atoms with Gasteiger partial charge in [-0.05, 0) is 57.1 Å². The Bertz CT molecular complexity index is 963. The molecule has 3 saturated carbocycles. The molecule has 0 aromatic heterocycles. The fourth-order valence-electron chi connectivity index (χ4n) is 7.93. The van der Waals surface area contributed by atoms with Gasteiger partial charge in [0.05, 0.1) is 6.10 Å². The number of Topliss-reactive ketones (excluding diaryl/α,β-unsaturated/α-hetero) is 1. The summed E-state index contributed by atoms with van der Waals surface area (Å²) in [5.74, 6) is -2.26. The van der Waals surface area contributed by atoms with Gasteiger partial charge >= 0.3 is 6.09 Å². The molecule has 4 aliphatic rings. The molecule has 0 spiro atoms. The molecule has 8 atom stereocenters.